The van der Waals surface area contributed by atoms with Gasteiger partial charge < -0.3 is 14.8 Å². The van der Waals surface area contributed by atoms with Crippen molar-refractivity contribution in [3.63, 3.8) is 0 Å². The molecule has 1 N–H and O–H groups in total. The second-order valence-electron chi connectivity index (χ2n) is 4.99. The zero-order valence-electron chi connectivity index (χ0n) is 11.8. The fraction of sp³-hybridized carbons (Fsp3) is 0.357. The highest BCUT2D eigenvalue weighted by atomic mass is 16.2. The Bertz CT molecular complexity index is 659. The molecule has 2 aromatic heterocycles. The van der Waals surface area contributed by atoms with Gasteiger partial charge >= 0.3 is 0 Å². The SMILES string of the molecule is Cn1ncc(C(=O)N2CCNC(=O)CC2)c1-n1cccc1. The molecule has 0 radical (unpaired) electrons. The predicted molar refractivity (Wildman–Crippen MR) is 76.1 cm³/mol. The smallest absolute Gasteiger partial charge is 0.259 e. The van der Waals surface area contributed by atoms with Crippen molar-refractivity contribution in [3.05, 3.63) is 36.3 Å². The van der Waals surface area contributed by atoms with Gasteiger partial charge in [0.15, 0.2) is 0 Å². The molecule has 2 aromatic rings. The molecule has 3 rings (SSSR count). The summed E-state index contributed by atoms with van der Waals surface area (Å²) >= 11 is 0. The molecule has 1 aliphatic rings. The average molecular weight is 287 g/mol. The maximum absolute atomic E-state index is 12.7. The molecule has 7 nitrogen and oxygen atoms in total. The van der Waals surface area contributed by atoms with Crippen LogP contribution in [0.3, 0.4) is 0 Å². The maximum Gasteiger partial charge on any atom is 0.259 e. The highest BCUT2D eigenvalue weighted by Crippen LogP contribution is 2.16. The summed E-state index contributed by atoms with van der Waals surface area (Å²) in [6.07, 6.45) is 5.67. The molecule has 0 bridgehead atoms. The average Bonchev–Trinajstić information content (AvgIpc) is 3.05. The van der Waals surface area contributed by atoms with Crippen LogP contribution < -0.4 is 5.32 Å². The summed E-state index contributed by atoms with van der Waals surface area (Å²) in [5.74, 6) is 0.624. The highest BCUT2D eigenvalue weighted by molar-refractivity contribution is 5.97. The molecule has 0 aliphatic carbocycles. The molecule has 7 heteroatoms. The van der Waals surface area contributed by atoms with Gasteiger partial charge in [-0.3, -0.25) is 14.3 Å². The minimum atomic E-state index is -0.0942. The Balaban J connectivity index is 1.90. The lowest BCUT2D eigenvalue weighted by atomic mass is 10.2. The zero-order valence-corrected chi connectivity index (χ0v) is 11.8. The van der Waals surface area contributed by atoms with E-state index in [0.29, 0.717) is 31.6 Å². The molecule has 1 saturated heterocycles. The lowest BCUT2D eigenvalue weighted by Crippen LogP contribution is -2.34. The van der Waals surface area contributed by atoms with E-state index >= 15 is 0 Å². The summed E-state index contributed by atoms with van der Waals surface area (Å²) in [5.41, 5.74) is 0.544. The molecule has 2 amide bonds. The van der Waals surface area contributed by atoms with Crippen LogP contribution in [0.15, 0.2) is 30.7 Å². The van der Waals surface area contributed by atoms with Gasteiger partial charge in [0.1, 0.15) is 11.4 Å². The molecular formula is C14H17N5O2. The predicted octanol–water partition coefficient (Wildman–Crippen LogP) is 0.173. The molecule has 3 heterocycles. The van der Waals surface area contributed by atoms with Crippen LogP contribution in [0.4, 0.5) is 0 Å². The number of carbonyl (C=O) groups excluding carboxylic acids is 2. The quantitative estimate of drug-likeness (QED) is 0.856. The van der Waals surface area contributed by atoms with Crippen LogP contribution in [0.25, 0.3) is 5.82 Å². The van der Waals surface area contributed by atoms with Crippen LogP contribution >= 0.6 is 0 Å². The normalized spacial score (nSPS) is 15.7. The number of amides is 2. The lowest BCUT2D eigenvalue weighted by Gasteiger charge is -2.19. The van der Waals surface area contributed by atoms with Gasteiger partial charge in [0.25, 0.3) is 5.91 Å². The van der Waals surface area contributed by atoms with Crippen LogP contribution in [0, 0.1) is 0 Å². The molecule has 1 aliphatic heterocycles. The molecule has 1 fully saturated rings. The molecular weight excluding hydrogens is 270 g/mol. The highest BCUT2D eigenvalue weighted by Gasteiger charge is 2.24. The first kappa shape index (κ1) is 13.4. The number of hydrogen-bond acceptors (Lipinski definition) is 3. The summed E-state index contributed by atoms with van der Waals surface area (Å²) in [7, 11) is 1.81. The molecule has 0 spiro atoms. The minimum absolute atomic E-state index is 0.0119. The van der Waals surface area contributed by atoms with E-state index in [-0.39, 0.29) is 11.8 Å². The number of nitrogens with zero attached hydrogens (tertiary/aromatic N) is 4. The standard InChI is InChI=1S/C14H17N5O2/c1-17-13(18-6-2-3-7-18)11(10-16-17)14(21)19-8-4-12(20)15-5-9-19/h2-3,6-7,10H,4-5,8-9H2,1H3,(H,15,20). The van der Waals surface area contributed by atoms with Gasteiger partial charge in [-0.15, -0.1) is 0 Å². The van der Waals surface area contributed by atoms with Crippen molar-refractivity contribution in [2.24, 2.45) is 7.05 Å². The second-order valence-corrected chi connectivity index (χ2v) is 4.99. The Labute approximate surface area is 122 Å². The summed E-state index contributed by atoms with van der Waals surface area (Å²) < 4.78 is 3.54. The molecule has 21 heavy (non-hydrogen) atoms. The Morgan fingerprint density at radius 1 is 1.29 bits per heavy atom. The van der Waals surface area contributed by atoms with E-state index < -0.39 is 0 Å². The van der Waals surface area contributed by atoms with Crippen LogP contribution in [0.2, 0.25) is 0 Å². The van der Waals surface area contributed by atoms with Gasteiger partial charge in [-0.2, -0.15) is 5.10 Å². The van der Waals surface area contributed by atoms with E-state index in [1.807, 2.05) is 29.1 Å². The summed E-state index contributed by atoms with van der Waals surface area (Å²) in [6.45, 7) is 1.44. The van der Waals surface area contributed by atoms with Gasteiger partial charge in [0, 0.05) is 45.5 Å². The number of nitrogens with one attached hydrogen (secondary N) is 1. The van der Waals surface area contributed by atoms with Crippen molar-refractivity contribution in [1.82, 2.24) is 24.6 Å². The van der Waals surface area contributed by atoms with E-state index in [9.17, 15) is 9.59 Å². The molecule has 0 unspecified atom stereocenters. The Kier molecular flexibility index (Phi) is 3.47. The van der Waals surface area contributed by atoms with Crippen LogP contribution in [0.1, 0.15) is 16.8 Å². The van der Waals surface area contributed by atoms with Crippen LogP contribution in [-0.4, -0.2) is 50.7 Å². The third-order valence-corrected chi connectivity index (χ3v) is 3.59. The lowest BCUT2D eigenvalue weighted by molar-refractivity contribution is -0.120. The van der Waals surface area contributed by atoms with E-state index in [4.69, 9.17) is 0 Å². The molecule has 0 saturated carbocycles. The third kappa shape index (κ3) is 2.54. The summed E-state index contributed by atoms with van der Waals surface area (Å²) in [4.78, 5) is 25.8. The Morgan fingerprint density at radius 2 is 2.05 bits per heavy atom. The van der Waals surface area contributed by atoms with E-state index in [2.05, 4.69) is 10.4 Å². The number of aryl methyl sites for hydroxylation is 1. The monoisotopic (exact) mass is 287 g/mol. The largest absolute Gasteiger partial charge is 0.354 e. The molecule has 110 valence electrons. The van der Waals surface area contributed by atoms with Crippen molar-refractivity contribution < 1.29 is 9.59 Å². The van der Waals surface area contributed by atoms with E-state index in [0.717, 1.165) is 5.82 Å². The fourth-order valence-corrected chi connectivity index (χ4v) is 2.50. The summed E-state index contributed by atoms with van der Waals surface area (Å²) in [5, 5.41) is 6.96. The molecule has 0 atom stereocenters. The Morgan fingerprint density at radius 3 is 2.81 bits per heavy atom. The van der Waals surface area contributed by atoms with Crippen molar-refractivity contribution in [2.45, 2.75) is 6.42 Å². The Hall–Kier alpha value is -2.57. The van der Waals surface area contributed by atoms with Gasteiger partial charge in [0.2, 0.25) is 5.91 Å². The van der Waals surface area contributed by atoms with Crippen LogP contribution in [0.5, 0.6) is 0 Å². The fourth-order valence-electron chi connectivity index (χ4n) is 2.50. The topological polar surface area (TPSA) is 72.2 Å². The zero-order chi connectivity index (χ0) is 14.8. The first-order valence-corrected chi connectivity index (χ1v) is 6.88. The van der Waals surface area contributed by atoms with Crippen molar-refractivity contribution in [1.29, 1.82) is 0 Å². The number of aromatic nitrogens is 3. The second kappa shape index (κ2) is 5.43. The first-order chi connectivity index (χ1) is 10.2. The van der Waals surface area contributed by atoms with Crippen molar-refractivity contribution in [3.8, 4) is 5.82 Å². The van der Waals surface area contributed by atoms with Crippen molar-refractivity contribution in [2.75, 3.05) is 19.6 Å². The van der Waals surface area contributed by atoms with E-state index in [1.165, 1.54) is 0 Å². The van der Waals surface area contributed by atoms with Gasteiger partial charge in [-0.05, 0) is 12.1 Å². The molecule has 0 aromatic carbocycles. The van der Waals surface area contributed by atoms with Gasteiger partial charge in [0.05, 0.1) is 6.20 Å². The number of hydrogen-bond donors (Lipinski definition) is 1. The maximum atomic E-state index is 12.7. The number of rotatable bonds is 2. The van der Waals surface area contributed by atoms with Gasteiger partial charge in [-0.25, -0.2) is 0 Å². The number of carbonyl (C=O) groups is 2. The summed E-state index contributed by atoms with van der Waals surface area (Å²) in [6, 6.07) is 3.80. The van der Waals surface area contributed by atoms with E-state index in [1.54, 1.807) is 22.8 Å². The van der Waals surface area contributed by atoms with Crippen molar-refractivity contribution >= 4 is 11.8 Å². The third-order valence-electron chi connectivity index (χ3n) is 3.59. The minimum Gasteiger partial charge on any atom is -0.354 e. The van der Waals surface area contributed by atoms with Gasteiger partial charge in [-0.1, -0.05) is 0 Å². The first-order valence-electron chi connectivity index (χ1n) is 6.88. The van der Waals surface area contributed by atoms with Crippen LogP contribution in [-0.2, 0) is 11.8 Å².